The van der Waals surface area contributed by atoms with Crippen molar-refractivity contribution in [3.63, 3.8) is 0 Å². The molecule has 13 rings (SSSR count). The summed E-state index contributed by atoms with van der Waals surface area (Å²) < 4.78 is 2.60. The molecule has 11 aromatic carbocycles. The van der Waals surface area contributed by atoms with E-state index in [-0.39, 0.29) is 0 Å². The Morgan fingerprint density at radius 1 is 0.317 bits per heavy atom. The summed E-state index contributed by atoms with van der Waals surface area (Å²) in [6.07, 6.45) is 0. The molecule has 1 aliphatic rings. The Kier molecular flexibility index (Phi) is 8.06. The van der Waals surface area contributed by atoms with E-state index in [0.29, 0.717) is 0 Å². The van der Waals surface area contributed by atoms with Gasteiger partial charge in [0.15, 0.2) is 0 Å². The van der Waals surface area contributed by atoms with E-state index in [1.165, 1.54) is 97.0 Å². The first kappa shape index (κ1) is 35.9. The number of anilines is 3. The van der Waals surface area contributed by atoms with Crippen LogP contribution in [0.1, 0.15) is 22.3 Å². The van der Waals surface area contributed by atoms with Crippen molar-refractivity contribution >= 4 is 80.9 Å². The van der Waals surface area contributed by atoms with Gasteiger partial charge < -0.3 is 4.90 Å². The second-order valence-electron chi connectivity index (χ2n) is 16.8. The van der Waals surface area contributed by atoms with Crippen LogP contribution in [0.4, 0.5) is 17.1 Å². The number of nitrogens with zero attached hydrogens (tertiary/aromatic N) is 1. The molecule has 0 saturated heterocycles. The highest BCUT2D eigenvalue weighted by Gasteiger charge is 2.46. The van der Waals surface area contributed by atoms with E-state index in [4.69, 9.17) is 0 Å². The topological polar surface area (TPSA) is 3.24 Å². The highest BCUT2D eigenvalue weighted by atomic mass is 32.1. The fourth-order valence-corrected chi connectivity index (χ4v) is 11.9. The average molecular weight is 818 g/mol. The molecule has 0 spiro atoms. The lowest BCUT2D eigenvalue weighted by molar-refractivity contribution is 0.769. The molecule has 0 unspecified atom stereocenters. The third kappa shape index (κ3) is 5.48. The smallest absolute Gasteiger partial charge is 0.0713 e. The predicted molar refractivity (Wildman–Crippen MR) is 269 cm³/mol. The number of hydrogen-bond acceptors (Lipinski definition) is 2. The molecule has 1 aliphatic carbocycles. The summed E-state index contributed by atoms with van der Waals surface area (Å²) in [4.78, 5) is 2.43. The first-order valence-electron chi connectivity index (χ1n) is 21.7. The Balaban J connectivity index is 1.04. The number of thiophene rings is 1. The summed E-state index contributed by atoms with van der Waals surface area (Å²) in [5, 5.41) is 10.0. The van der Waals surface area contributed by atoms with E-state index in [1.807, 2.05) is 11.3 Å². The molecule has 1 aromatic heterocycles. The quantitative estimate of drug-likeness (QED) is 0.162. The second kappa shape index (κ2) is 14.1. The minimum absolute atomic E-state index is 0.469. The van der Waals surface area contributed by atoms with Gasteiger partial charge in [-0.1, -0.05) is 182 Å². The maximum Gasteiger partial charge on any atom is 0.0713 e. The first-order chi connectivity index (χ1) is 31.2. The van der Waals surface area contributed by atoms with Crippen molar-refractivity contribution in [3.05, 3.63) is 259 Å². The van der Waals surface area contributed by atoms with E-state index in [2.05, 4.69) is 241 Å². The van der Waals surface area contributed by atoms with Crippen LogP contribution in [0.2, 0.25) is 0 Å². The van der Waals surface area contributed by atoms with Crippen molar-refractivity contribution in [2.24, 2.45) is 0 Å². The Labute approximate surface area is 370 Å². The summed E-state index contributed by atoms with van der Waals surface area (Å²) in [6.45, 7) is 0. The molecule has 1 nitrogen and oxygen atoms in total. The zero-order chi connectivity index (χ0) is 41.5. The molecule has 0 aliphatic heterocycles. The van der Waals surface area contributed by atoms with Crippen LogP contribution in [0.15, 0.2) is 237 Å². The lowest BCUT2D eigenvalue weighted by atomic mass is 9.67. The van der Waals surface area contributed by atoms with Gasteiger partial charge in [-0.15, -0.1) is 11.3 Å². The fraction of sp³-hybridized carbons (Fsp3) is 0.0164. The summed E-state index contributed by atoms with van der Waals surface area (Å²) >= 11 is 1.90. The third-order valence-corrected chi connectivity index (χ3v) is 14.7. The molecular weight excluding hydrogens is 779 g/mol. The van der Waals surface area contributed by atoms with Crippen molar-refractivity contribution in [3.8, 4) is 22.3 Å². The van der Waals surface area contributed by atoms with Crippen molar-refractivity contribution in [2.45, 2.75) is 5.41 Å². The van der Waals surface area contributed by atoms with Gasteiger partial charge in [0.2, 0.25) is 0 Å². The number of hydrogen-bond donors (Lipinski definition) is 0. The molecule has 0 bridgehead atoms. The monoisotopic (exact) mass is 817 g/mol. The van der Waals surface area contributed by atoms with Crippen LogP contribution in [0.25, 0.3) is 74.7 Å². The average Bonchev–Trinajstić information content (AvgIpc) is 3.87. The highest BCUT2D eigenvalue weighted by Crippen LogP contribution is 2.57. The van der Waals surface area contributed by atoms with Crippen LogP contribution in [-0.4, -0.2) is 0 Å². The first-order valence-corrected chi connectivity index (χ1v) is 22.6. The zero-order valence-corrected chi connectivity index (χ0v) is 35.2. The van der Waals surface area contributed by atoms with Crippen molar-refractivity contribution in [2.75, 3.05) is 4.90 Å². The molecule has 0 saturated carbocycles. The maximum atomic E-state index is 2.50. The molecule has 0 atom stereocenters. The van der Waals surface area contributed by atoms with Crippen LogP contribution in [0, 0.1) is 0 Å². The largest absolute Gasteiger partial charge is 0.310 e. The van der Waals surface area contributed by atoms with Crippen molar-refractivity contribution in [1.29, 1.82) is 0 Å². The van der Waals surface area contributed by atoms with E-state index >= 15 is 0 Å². The summed E-state index contributed by atoms with van der Waals surface area (Å²) in [6, 6.07) is 87.9. The van der Waals surface area contributed by atoms with Gasteiger partial charge in [0.05, 0.1) is 5.41 Å². The van der Waals surface area contributed by atoms with Crippen LogP contribution >= 0.6 is 11.3 Å². The summed E-state index contributed by atoms with van der Waals surface area (Å²) in [5.41, 5.74) is 13.2. The number of rotatable bonds is 6. The van der Waals surface area contributed by atoms with Gasteiger partial charge >= 0.3 is 0 Å². The SMILES string of the molecule is c1ccc(C2(c3ccccc3)c3ccccc3-c3ccc(-c4cc5c6cc(N(c7ccc8ccccc8c7)c7ccc8ccccc8c7)ccc6sc5c5ccccc45)cc32)cc1. The van der Waals surface area contributed by atoms with Gasteiger partial charge in [-0.2, -0.15) is 0 Å². The van der Waals surface area contributed by atoms with E-state index in [1.54, 1.807) is 0 Å². The minimum Gasteiger partial charge on any atom is -0.310 e. The van der Waals surface area contributed by atoms with Gasteiger partial charge in [0.25, 0.3) is 0 Å². The van der Waals surface area contributed by atoms with Gasteiger partial charge in [0, 0.05) is 42.6 Å². The minimum atomic E-state index is -0.469. The Morgan fingerprint density at radius 3 is 1.54 bits per heavy atom. The lowest BCUT2D eigenvalue weighted by Gasteiger charge is -2.34. The normalized spacial score (nSPS) is 12.9. The van der Waals surface area contributed by atoms with E-state index in [0.717, 1.165) is 17.1 Å². The van der Waals surface area contributed by atoms with Gasteiger partial charge in [-0.05, 0) is 126 Å². The van der Waals surface area contributed by atoms with Crippen molar-refractivity contribution < 1.29 is 0 Å². The Morgan fingerprint density at radius 2 is 0.857 bits per heavy atom. The molecule has 12 aromatic rings. The van der Waals surface area contributed by atoms with Crippen LogP contribution in [0.5, 0.6) is 0 Å². The number of benzene rings is 11. The third-order valence-electron chi connectivity index (χ3n) is 13.5. The molecule has 0 fully saturated rings. The Hall–Kier alpha value is -7.78. The summed E-state index contributed by atoms with van der Waals surface area (Å²) in [5.74, 6) is 0. The fourth-order valence-electron chi connectivity index (χ4n) is 10.7. The zero-order valence-electron chi connectivity index (χ0n) is 34.4. The van der Waals surface area contributed by atoms with E-state index < -0.39 is 5.41 Å². The van der Waals surface area contributed by atoms with E-state index in [9.17, 15) is 0 Å². The van der Waals surface area contributed by atoms with Gasteiger partial charge in [-0.25, -0.2) is 0 Å². The highest BCUT2D eigenvalue weighted by molar-refractivity contribution is 7.26. The molecule has 0 radical (unpaired) electrons. The number of fused-ring (bicyclic) bond motifs is 10. The molecule has 2 heteroatoms. The second-order valence-corrected chi connectivity index (χ2v) is 17.9. The van der Waals surface area contributed by atoms with Gasteiger partial charge in [0.1, 0.15) is 0 Å². The molecule has 0 N–H and O–H groups in total. The molecular formula is C61H39NS. The van der Waals surface area contributed by atoms with Crippen molar-refractivity contribution in [1.82, 2.24) is 0 Å². The molecule has 1 heterocycles. The Bertz CT molecular complexity index is 3630. The van der Waals surface area contributed by atoms with Crippen LogP contribution in [0.3, 0.4) is 0 Å². The maximum absolute atomic E-state index is 2.50. The summed E-state index contributed by atoms with van der Waals surface area (Å²) in [7, 11) is 0. The predicted octanol–water partition coefficient (Wildman–Crippen LogP) is 17.0. The van der Waals surface area contributed by atoms with Crippen LogP contribution < -0.4 is 4.90 Å². The standard InChI is InChI=1S/C61H39NS/c1-3-19-45(20-4-1)61(46-21-5-2-6-22-46)57-26-14-13-24-51(57)52-33-29-44(37-58(52)61)54-39-56-55-38-49(32-34-59(55)63-60(56)53-25-12-11-23-50(53)54)62(47-30-27-40-15-7-9-17-42(40)35-47)48-31-28-41-16-8-10-18-43(41)36-48/h1-39H. The molecule has 0 amide bonds. The molecule has 63 heavy (non-hydrogen) atoms. The molecule has 294 valence electrons. The van der Waals surface area contributed by atoms with Crippen LogP contribution in [-0.2, 0) is 5.41 Å². The van der Waals surface area contributed by atoms with Gasteiger partial charge in [-0.3, -0.25) is 0 Å². The lowest BCUT2D eigenvalue weighted by Crippen LogP contribution is -2.28.